The smallest absolute Gasteiger partial charge is 0.270 e. The van der Waals surface area contributed by atoms with E-state index in [1.54, 1.807) is 26.1 Å². The van der Waals surface area contributed by atoms with Gasteiger partial charge in [-0.05, 0) is 25.5 Å². The molecular formula is C16H17N3O4. The Kier molecular flexibility index (Phi) is 4.59. The van der Waals surface area contributed by atoms with Crippen molar-refractivity contribution in [1.29, 1.82) is 0 Å². The summed E-state index contributed by atoms with van der Waals surface area (Å²) in [5.41, 5.74) is 1.38. The van der Waals surface area contributed by atoms with Gasteiger partial charge >= 0.3 is 0 Å². The molecule has 1 heterocycles. The average molecular weight is 315 g/mol. The van der Waals surface area contributed by atoms with Crippen molar-refractivity contribution in [3.8, 4) is 0 Å². The molecular weight excluding hydrogens is 298 g/mol. The molecule has 0 aliphatic heterocycles. The third-order valence-corrected chi connectivity index (χ3v) is 3.78. The number of carbonyl (C=O) groups is 2. The maximum atomic E-state index is 12.5. The molecule has 1 aromatic carbocycles. The first-order chi connectivity index (χ1) is 10.8. The van der Waals surface area contributed by atoms with Gasteiger partial charge in [0.25, 0.3) is 11.6 Å². The van der Waals surface area contributed by atoms with E-state index < -0.39 is 4.92 Å². The molecule has 120 valence electrons. The number of Topliss-reactive ketones (excluding diaryl/α,β-unsaturated/α-hetero) is 1. The van der Waals surface area contributed by atoms with E-state index in [4.69, 9.17) is 0 Å². The van der Waals surface area contributed by atoms with Crippen LogP contribution in [0.2, 0.25) is 0 Å². The van der Waals surface area contributed by atoms with Gasteiger partial charge in [-0.25, -0.2) is 0 Å². The third kappa shape index (κ3) is 3.45. The topological polar surface area (TPSA) is 96.3 Å². The summed E-state index contributed by atoms with van der Waals surface area (Å²) in [6.45, 7) is 3.21. The molecule has 0 unspecified atom stereocenters. The van der Waals surface area contributed by atoms with Gasteiger partial charge < -0.3 is 9.88 Å². The number of hydrogen-bond acceptors (Lipinski definition) is 4. The first-order valence-corrected chi connectivity index (χ1v) is 7.02. The Bertz CT molecular complexity index is 766. The van der Waals surface area contributed by atoms with Crippen LogP contribution >= 0.6 is 0 Å². The zero-order chi connectivity index (χ0) is 17.1. The Morgan fingerprint density at radius 1 is 1.30 bits per heavy atom. The summed E-state index contributed by atoms with van der Waals surface area (Å²) in [6.07, 6.45) is 1.49. The zero-order valence-corrected chi connectivity index (χ0v) is 13.1. The predicted octanol–water partition coefficient (Wildman–Crippen LogP) is 2.96. The molecule has 0 bridgehead atoms. The summed E-state index contributed by atoms with van der Waals surface area (Å²) in [4.78, 5) is 38.4. The predicted molar refractivity (Wildman–Crippen MR) is 84.4 cm³/mol. The van der Waals surface area contributed by atoms with Gasteiger partial charge in [0, 0.05) is 30.9 Å². The summed E-state index contributed by atoms with van der Waals surface area (Å²) in [7, 11) is 1.61. The number of benzene rings is 1. The van der Waals surface area contributed by atoms with E-state index >= 15 is 0 Å². The molecule has 1 amide bonds. The number of H-pyrrole nitrogens is 1. The molecule has 2 aromatic rings. The highest BCUT2D eigenvalue weighted by molar-refractivity contribution is 5.99. The molecule has 23 heavy (non-hydrogen) atoms. The molecule has 7 heteroatoms. The van der Waals surface area contributed by atoms with Crippen LogP contribution in [0.4, 0.5) is 5.69 Å². The number of carbonyl (C=O) groups excluding carboxylic acids is 2. The van der Waals surface area contributed by atoms with Crippen molar-refractivity contribution in [2.45, 2.75) is 19.9 Å². The second-order valence-electron chi connectivity index (χ2n) is 5.30. The van der Waals surface area contributed by atoms with Gasteiger partial charge in [-0.3, -0.25) is 19.7 Å². The fourth-order valence-corrected chi connectivity index (χ4v) is 2.21. The number of nitrogens with zero attached hydrogens (tertiary/aromatic N) is 2. The summed E-state index contributed by atoms with van der Waals surface area (Å²) >= 11 is 0. The Hall–Kier alpha value is -2.96. The van der Waals surface area contributed by atoms with Crippen LogP contribution in [-0.4, -0.2) is 33.5 Å². The van der Waals surface area contributed by atoms with Crippen LogP contribution in [0.25, 0.3) is 0 Å². The highest BCUT2D eigenvalue weighted by Gasteiger charge is 2.22. The van der Waals surface area contributed by atoms with Crippen LogP contribution in [0, 0.1) is 10.1 Å². The van der Waals surface area contributed by atoms with Crippen LogP contribution in [0.1, 0.15) is 46.3 Å². The van der Waals surface area contributed by atoms with Gasteiger partial charge in [-0.15, -0.1) is 0 Å². The number of ketones is 1. The number of aromatic amines is 1. The van der Waals surface area contributed by atoms with Crippen molar-refractivity contribution < 1.29 is 14.5 Å². The minimum absolute atomic E-state index is 0.0195. The molecule has 2 rings (SSSR count). The maximum absolute atomic E-state index is 12.5. The van der Waals surface area contributed by atoms with Crippen LogP contribution in [0.3, 0.4) is 0 Å². The minimum Gasteiger partial charge on any atom is -0.356 e. The third-order valence-electron chi connectivity index (χ3n) is 3.78. The second kappa shape index (κ2) is 6.43. The van der Waals surface area contributed by atoms with Gasteiger partial charge in [0.15, 0.2) is 5.78 Å². The Labute approximate surface area is 133 Å². The van der Waals surface area contributed by atoms with Gasteiger partial charge in [0.1, 0.15) is 5.69 Å². The Morgan fingerprint density at radius 2 is 2.00 bits per heavy atom. The molecule has 1 aromatic heterocycles. The van der Waals surface area contributed by atoms with Crippen molar-refractivity contribution >= 4 is 17.4 Å². The summed E-state index contributed by atoms with van der Waals surface area (Å²) in [6, 6.07) is 7.32. The van der Waals surface area contributed by atoms with Crippen LogP contribution in [0.5, 0.6) is 0 Å². The van der Waals surface area contributed by atoms with Gasteiger partial charge in [0.05, 0.1) is 11.0 Å². The highest BCUT2D eigenvalue weighted by atomic mass is 16.6. The maximum Gasteiger partial charge on any atom is 0.270 e. The number of nitro benzene ring substituents is 1. The van der Waals surface area contributed by atoms with Crippen molar-refractivity contribution in [3.63, 3.8) is 0 Å². The van der Waals surface area contributed by atoms with Gasteiger partial charge in [-0.1, -0.05) is 12.1 Å². The lowest BCUT2D eigenvalue weighted by Crippen LogP contribution is -2.29. The molecule has 0 saturated heterocycles. The lowest BCUT2D eigenvalue weighted by Gasteiger charge is -2.24. The molecule has 0 fully saturated rings. The Morgan fingerprint density at radius 3 is 2.57 bits per heavy atom. The monoisotopic (exact) mass is 315 g/mol. The Balaban J connectivity index is 2.22. The fourth-order valence-electron chi connectivity index (χ4n) is 2.21. The molecule has 0 spiro atoms. The standard InChI is InChI=1S/C16H17N3O4/c1-10(12-5-4-6-14(7-12)19(22)23)18(3)16(21)15-8-13(9-17-15)11(2)20/h4-10,17H,1-3H3/t10-/m1/s1. The van der Waals surface area contributed by atoms with Crippen LogP contribution in [-0.2, 0) is 0 Å². The minimum atomic E-state index is -0.470. The molecule has 0 aliphatic rings. The first-order valence-electron chi connectivity index (χ1n) is 7.02. The van der Waals surface area contributed by atoms with Crippen molar-refractivity contribution in [2.24, 2.45) is 0 Å². The molecule has 7 nitrogen and oxygen atoms in total. The van der Waals surface area contributed by atoms with Gasteiger partial charge in [-0.2, -0.15) is 0 Å². The normalized spacial score (nSPS) is 11.8. The molecule has 1 atom stereocenters. The van der Waals surface area contributed by atoms with E-state index in [1.807, 2.05) is 0 Å². The highest BCUT2D eigenvalue weighted by Crippen LogP contribution is 2.24. The first kappa shape index (κ1) is 16.4. The second-order valence-corrected chi connectivity index (χ2v) is 5.30. The lowest BCUT2D eigenvalue weighted by atomic mass is 10.1. The zero-order valence-electron chi connectivity index (χ0n) is 13.1. The lowest BCUT2D eigenvalue weighted by molar-refractivity contribution is -0.384. The number of non-ortho nitro benzene ring substituents is 1. The van der Waals surface area contributed by atoms with Crippen LogP contribution < -0.4 is 0 Å². The van der Waals surface area contributed by atoms with E-state index in [1.165, 1.54) is 36.2 Å². The van der Waals surface area contributed by atoms with Crippen molar-refractivity contribution in [2.75, 3.05) is 7.05 Å². The van der Waals surface area contributed by atoms with Crippen molar-refractivity contribution in [3.05, 3.63) is 63.5 Å². The SMILES string of the molecule is CC(=O)c1c[nH]c(C(=O)N(C)[C@H](C)c2cccc([N+](=O)[O-])c2)c1. The van der Waals surface area contributed by atoms with E-state index in [0.29, 0.717) is 16.8 Å². The molecule has 1 N–H and O–H groups in total. The largest absolute Gasteiger partial charge is 0.356 e. The number of nitrogens with one attached hydrogen (secondary N) is 1. The number of hydrogen-bond donors (Lipinski definition) is 1. The fraction of sp³-hybridized carbons (Fsp3) is 0.250. The van der Waals surface area contributed by atoms with Crippen LogP contribution in [0.15, 0.2) is 36.5 Å². The number of aromatic nitrogens is 1. The van der Waals surface area contributed by atoms with E-state index in [0.717, 1.165) is 0 Å². The van der Waals surface area contributed by atoms with E-state index in [9.17, 15) is 19.7 Å². The molecule has 0 saturated carbocycles. The summed E-state index contributed by atoms with van der Waals surface area (Å²) in [5, 5.41) is 10.9. The van der Waals surface area contributed by atoms with E-state index in [-0.39, 0.29) is 23.4 Å². The number of nitro groups is 1. The van der Waals surface area contributed by atoms with Gasteiger partial charge in [0.2, 0.25) is 0 Å². The molecule has 0 radical (unpaired) electrons. The quantitative estimate of drug-likeness (QED) is 0.521. The average Bonchev–Trinajstić information content (AvgIpc) is 3.03. The summed E-state index contributed by atoms with van der Waals surface area (Å²) in [5.74, 6) is -0.425. The van der Waals surface area contributed by atoms with E-state index in [2.05, 4.69) is 4.98 Å². The number of rotatable bonds is 5. The van der Waals surface area contributed by atoms with Crippen molar-refractivity contribution in [1.82, 2.24) is 9.88 Å². The summed E-state index contributed by atoms with van der Waals surface area (Å²) < 4.78 is 0. The molecule has 0 aliphatic carbocycles. The number of amides is 1.